The fraction of sp³-hybridized carbons (Fsp3) is 0.455. The zero-order valence-electron chi connectivity index (χ0n) is 8.72. The van der Waals surface area contributed by atoms with Gasteiger partial charge >= 0.3 is 0 Å². The lowest BCUT2D eigenvalue weighted by molar-refractivity contribution is 0.0172. The number of hydrogen-bond donors (Lipinski definition) is 4. The number of hydrogen-bond acceptors (Lipinski definition) is 4. The highest BCUT2D eigenvalue weighted by molar-refractivity contribution is 7.80. The van der Waals surface area contributed by atoms with Gasteiger partial charge in [0.15, 0.2) is 0 Å². The quantitative estimate of drug-likeness (QED) is 0.463. The zero-order chi connectivity index (χ0) is 11.4. The molecule has 1 aromatic carbocycles. The first-order chi connectivity index (χ1) is 7.04. The van der Waals surface area contributed by atoms with Crippen LogP contribution in [0, 0.1) is 6.92 Å². The van der Waals surface area contributed by atoms with Crippen molar-refractivity contribution >= 4 is 18.3 Å². The molecule has 2 atom stereocenters. The molecular weight excluding hydrogens is 210 g/mol. The van der Waals surface area contributed by atoms with Crippen LogP contribution in [0.3, 0.4) is 0 Å². The number of nitrogens with two attached hydrogens (primary N) is 1. The van der Waals surface area contributed by atoms with Crippen molar-refractivity contribution in [1.82, 2.24) is 0 Å². The maximum Gasteiger partial charge on any atom is 0.105 e. The van der Waals surface area contributed by atoms with Gasteiger partial charge in [-0.3, -0.25) is 0 Å². The molecule has 0 aliphatic heterocycles. The molecule has 0 radical (unpaired) electrons. The summed E-state index contributed by atoms with van der Waals surface area (Å²) in [6.45, 7) is 1.90. The second kappa shape index (κ2) is 5.39. The van der Waals surface area contributed by atoms with Gasteiger partial charge in [0.25, 0.3) is 0 Å². The SMILES string of the molecule is Cc1cc(N)cc(C(O)C(O)CCS)c1. The van der Waals surface area contributed by atoms with Crippen LogP contribution in [0.1, 0.15) is 23.7 Å². The van der Waals surface area contributed by atoms with E-state index in [9.17, 15) is 10.2 Å². The Balaban J connectivity index is 2.85. The molecule has 0 saturated heterocycles. The highest BCUT2D eigenvalue weighted by atomic mass is 32.1. The van der Waals surface area contributed by atoms with Gasteiger partial charge in [-0.05, 0) is 42.4 Å². The van der Waals surface area contributed by atoms with Crippen molar-refractivity contribution in [3.8, 4) is 0 Å². The Labute approximate surface area is 95.3 Å². The van der Waals surface area contributed by atoms with Crippen LogP contribution in [-0.2, 0) is 0 Å². The lowest BCUT2D eigenvalue weighted by Gasteiger charge is -2.18. The van der Waals surface area contributed by atoms with Crippen molar-refractivity contribution in [2.24, 2.45) is 0 Å². The van der Waals surface area contributed by atoms with E-state index >= 15 is 0 Å². The van der Waals surface area contributed by atoms with E-state index < -0.39 is 12.2 Å². The fourth-order valence-corrected chi connectivity index (χ4v) is 1.79. The molecule has 3 nitrogen and oxygen atoms in total. The third kappa shape index (κ3) is 3.41. The molecule has 15 heavy (non-hydrogen) atoms. The molecule has 84 valence electrons. The summed E-state index contributed by atoms with van der Waals surface area (Å²) in [6.07, 6.45) is -1.22. The van der Waals surface area contributed by atoms with Crippen molar-refractivity contribution in [2.45, 2.75) is 25.6 Å². The van der Waals surface area contributed by atoms with Gasteiger partial charge in [0.05, 0.1) is 6.10 Å². The highest BCUT2D eigenvalue weighted by Crippen LogP contribution is 2.22. The Morgan fingerprint density at radius 3 is 2.53 bits per heavy atom. The Bertz CT molecular complexity index is 310. The van der Waals surface area contributed by atoms with Crippen LogP contribution in [-0.4, -0.2) is 22.1 Å². The van der Waals surface area contributed by atoms with E-state index in [0.29, 0.717) is 23.4 Å². The van der Waals surface area contributed by atoms with Crippen LogP contribution in [0.2, 0.25) is 0 Å². The Kier molecular flexibility index (Phi) is 4.45. The summed E-state index contributed by atoms with van der Waals surface area (Å²) in [7, 11) is 0. The lowest BCUT2D eigenvalue weighted by atomic mass is 10.0. The third-order valence-corrected chi connectivity index (χ3v) is 2.51. The largest absolute Gasteiger partial charge is 0.399 e. The van der Waals surface area contributed by atoms with Crippen LogP contribution in [0.25, 0.3) is 0 Å². The van der Waals surface area contributed by atoms with Gasteiger partial charge in [-0.1, -0.05) is 6.07 Å². The third-order valence-electron chi connectivity index (χ3n) is 2.25. The standard InChI is InChI=1S/C11H17NO2S/c1-7-4-8(6-9(12)5-7)11(14)10(13)2-3-15/h4-6,10-11,13-15H,2-3,12H2,1H3. The summed E-state index contributed by atoms with van der Waals surface area (Å²) in [5.74, 6) is 0.541. The molecule has 0 bridgehead atoms. The van der Waals surface area contributed by atoms with Gasteiger partial charge in [0, 0.05) is 5.69 Å². The summed E-state index contributed by atoms with van der Waals surface area (Å²) in [6, 6.07) is 5.32. The number of nitrogen functional groups attached to an aromatic ring is 1. The maximum absolute atomic E-state index is 9.83. The summed E-state index contributed by atoms with van der Waals surface area (Å²) < 4.78 is 0. The molecule has 4 heteroatoms. The predicted octanol–water partition coefficient (Wildman–Crippen LogP) is 1.29. The van der Waals surface area contributed by atoms with E-state index in [4.69, 9.17) is 5.73 Å². The molecule has 1 aromatic rings. The van der Waals surface area contributed by atoms with E-state index in [1.165, 1.54) is 0 Å². The van der Waals surface area contributed by atoms with E-state index in [1.54, 1.807) is 6.07 Å². The van der Waals surface area contributed by atoms with Crippen molar-refractivity contribution in [3.63, 3.8) is 0 Å². The highest BCUT2D eigenvalue weighted by Gasteiger charge is 2.17. The number of aliphatic hydroxyl groups is 2. The number of rotatable bonds is 4. The van der Waals surface area contributed by atoms with Gasteiger partial charge in [0.2, 0.25) is 0 Å². The van der Waals surface area contributed by atoms with Crippen molar-refractivity contribution in [2.75, 3.05) is 11.5 Å². The molecule has 0 saturated carbocycles. The summed E-state index contributed by atoms with van der Waals surface area (Å²) in [4.78, 5) is 0. The van der Waals surface area contributed by atoms with Crippen LogP contribution in [0.5, 0.6) is 0 Å². The van der Waals surface area contributed by atoms with Gasteiger partial charge in [-0.15, -0.1) is 0 Å². The van der Waals surface area contributed by atoms with Crippen LogP contribution in [0.15, 0.2) is 18.2 Å². The molecule has 0 amide bonds. The van der Waals surface area contributed by atoms with Gasteiger partial charge in [0.1, 0.15) is 6.10 Å². The van der Waals surface area contributed by atoms with Crippen molar-refractivity contribution < 1.29 is 10.2 Å². The van der Waals surface area contributed by atoms with E-state index in [1.807, 2.05) is 19.1 Å². The lowest BCUT2D eigenvalue weighted by Crippen LogP contribution is -2.18. The van der Waals surface area contributed by atoms with E-state index in [2.05, 4.69) is 12.6 Å². The van der Waals surface area contributed by atoms with Crippen LogP contribution >= 0.6 is 12.6 Å². The molecule has 0 heterocycles. The summed E-state index contributed by atoms with van der Waals surface area (Å²) in [5.41, 5.74) is 7.89. The number of anilines is 1. The second-order valence-corrected chi connectivity index (χ2v) is 4.15. The number of thiol groups is 1. The first-order valence-corrected chi connectivity index (χ1v) is 5.52. The fourth-order valence-electron chi connectivity index (χ4n) is 1.53. The van der Waals surface area contributed by atoms with E-state index in [-0.39, 0.29) is 0 Å². The molecule has 0 fully saturated rings. The van der Waals surface area contributed by atoms with Crippen molar-refractivity contribution in [3.05, 3.63) is 29.3 Å². The minimum atomic E-state index is -0.889. The summed E-state index contributed by atoms with van der Waals surface area (Å²) in [5, 5.41) is 19.4. The molecular formula is C11H17NO2S. The minimum absolute atomic E-state index is 0.456. The van der Waals surface area contributed by atoms with Gasteiger partial charge in [-0.25, -0.2) is 0 Å². The van der Waals surface area contributed by atoms with E-state index in [0.717, 1.165) is 5.56 Å². The molecule has 4 N–H and O–H groups in total. The molecule has 0 aromatic heterocycles. The summed E-state index contributed by atoms with van der Waals surface area (Å²) >= 11 is 4.01. The molecule has 0 aliphatic carbocycles. The monoisotopic (exact) mass is 227 g/mol. The topological polar surface area (TPSA) is 66.5 Å². The van der Waals surface area contributed by atoms with Gasteiger partial charge < -0.3 is 15.9 Å². The average Bonchev–Trinajstić information content (AvgIpc) is 2.15. The van der Waals surface area contributed by atoms with Gasteiger partial charge in [-0.2, -0.15) is 12.6 Å². The Hall–Kier alpha value is -0.710. The molecule has 0 aliphatic rings. The number of aryl methyl sites for hydroxylation is 1. The van der Waals surface area contributed by atoms with Crippen molar-refractivity contribution in [1.29, 1.82) is 0 Å². The second-order valence-electron chi connectivity index (χ2n) is 3.70. The molecule has 1 rings (SSSR count). The number of aliphatic hydroxyl groups excluding tert-OH is 2. The predicted molar refractivity (Wildman–Crippen MR) is 65.0 cm³/mol. The first kappa shape index (κ1) is 12.4. The first-order valence-electron chi connectivity index (χ1n) is 4.88. The smallest absolute Gasteiger partial charge is 0.105 e. The molecule has 2 unspecified atom stereocenters. The number of benzene rings is 1. The Morgan fingerprint density at radius 2 is 2.00 bits per heavy atom. The Morgan fingerprint density at radius 1 is 1.33 bits per heavy atom. The average molecular weight is 227 g/mol. The molecule has 0 spiro atoms. The zero-order valence-corrected chi connectivity index (χ0v) is 9.61. The van der Waals surface area contributed by atoms with Crippen LogP contribution in [0.4, 0.5) is 5.69 Å². The minimum Gasteiger partial charge on any atom is -0.399 e. The maximum atomic E-state index is 9.83. The van der Waals surface area contributed by atoms with Crippen LogP contribution < -0.4 is 5.73 Å². The normalized spacial score (nSPS) is 14.9.